The van der Waals surface area contributed by atoms with Crippen molar-refractivity contribution < 1.29 is 52.9 Å². The van der Waals surface area contributed by atoms with Gasteiger partial charge < -0.3 is 29.5 Å². The molecule has 0 radical (unpaired) electrons. The van der Waals surface area contributed by atoms with Gasteiger partial charge in [-0.2, -0.15) is 0 Å². The summed E-state index contributed by atoms with van der Waals surface area (Å²) >= 11 is 0. The van der Waals surface area contributed by atoms with Crippen LogP contribution < -0.4 is 0 Å². The third-order valence-electron chi connectivity index (χ3n) is 10.5. The molecule has 12 heteroatoms. The van der Waals surface area contributed by atoms with Crippen LogP contribution in [0.1, 0.15) is 188 Å². The average Bonchev–Trinajstić information content (AvgIpc) is 3.41. The zero-order chi connectivity index (χ0) is 41.4. The number of ketones is 1. The van der Waals surface area contributed by atoms with Crippen molar-refractivity contribution in [1.82, 2.24) is 0 Å². The van der Waals surface area contributed by atoms with Gasteiger partial charge in [-0.1, -0.05) is 161 Å². The molecule has 1 fully saturated rings. The third-order valence-corrected chi connectivity index (χ3v) is 11.0. The fourth-order valence-electron chi connectivity index (χ4n) is 7.13. The lowest BCUT2D eigenvalue weighted by molar-refractivity contribution is -0.161. The lowest BCUT2D eigenvalue weighted by Gasteiger charge is -2.18. The molecule has 0 amide bonds. The molecule has 1 saturated carbocycles. The fourth-order valence-corrected chi connectivity index (χ4v) is 7.49. The molecular weight excluding hydrogens is 735 g/mol. The van der Waals surface area contributed by atoms with E-state index in [0.717, 1.165) is 44.4 Å². The van der Waals surface area contributed by atoms with E-state index in [-0.39, 0.29) is 37.6 Å². The number of carbonyl (C=O) groups excluding carboxylic acids is 3. The predicted octanol–water partition coefficient (Wildman–Crippen LogP) is 10.0. The van der Waals surface area contributed by atoms with Crippen molar-refractivity contribution in [1.29, 1.82) is 0 Å². The Morgan fingerprint density at radius 2 is 1.32 bits per heavy atom. The monoisotopic (exact) mass is 815 g/mol. The highest BCUT2D eigenvalue weighted by Crippen LogP contribution is 2.36. The molecule has 0 aromatic carbocycles. The number of phosphoric acid groups is 1. The van der Waals surface area contributed by atoms with Gasteiger partial charge in [0.2, 0.25) is 0 Å². The highest BCUT2D eigenvalue weighted by molar-refractivity contribution is 7.46. The van der Waals surface area contributed by atoms with E-state index >= 15 is 0 Å². The van der Waals surface area contributed by atoms with Gasteiger partial charge in [-0.25, -0.2) is 4.57 Å². The highest BCUT2D eigenvalue weighted by Gasteiger charge is 2.39. The van der Waals surface area contributed by atoms with E-state index in [0.29, 0.717) is 32.1 Å². The van der Waals surface area contributed by atoms with E-state index in [1.807, 2.05) is 12.2 Å². The van der Waals surface area contributed by atoms with Gasteiger partial charge in [0.05, 0.1) is 18.8 Å². The smallest absolute Gasteiger partial charge is 0.462 e. The largest absolute Gasteiger partial charge is 0.469 e. The summed E-state index contributed by atoms with van der Waals surface area (Å²) in [5, 5.41) is 20.6. The summed E-state index contributed by atoms with van der Waals surface area (Å²) in [6.45, 7) is 5.70. The summed E-state index contributed by atoms with van der Waals surface area (Å²) in [7, 11) is -4.82. The lowest BCUT2D eigenvalue weighted by Crippen LogP contribution is -2.29. The van der Waals surface area contributed by atoms with Crippen LogP contribution in [-0.4, -0.2) is 69.2 Å². The number of hydrogen-bond donors (Lipinski definition) is 4. The van der Waals surface area contributed by atoms with Gasteiger partial charge in [-0.15, -0.1) is 0 Å². The van der Waals surface area contributed by atoms with Gasteiger partial charge in [0.15, 0.2) is 6.10 Å². The Morgan fingerprint density at radius 1 is 0.768 bits per heavy atom. The van der Waals surface area contributed by atoms with E-state index in [1.54, 1.807) is 12.2 Å². The van der Waals surface area contributed by atoms with E-state index in [2.05, 4.69) is 25.3 Å². The molecule has 1 aliphatic carbocycles. The molecule has 1 aliphatic rings. The van der Waals surface area contributed by atoms with Crippen LogP contribution in [0, 0.1) is 17.8 Å². The molecular formula is C44H79O11P. The lowest BCUT2D eigenvalue weighted by atomic mass is 9.90. The van der Waals surface area contributed by atoms with Crippen LogP contribution in [0.4, 0.5) is 0 Å². The van der Waals surface area contributed by atoms with Crippen LogP contribution >= 0.6 is 7.82 Å². The number of rotatable bonds is 36. The average molecular weight is 815 g/mol. The Bertz CT molecular complexity index is 1130. The molecule has 0 aromatic heterocycles. The number of ether oxygens (including phenoxy) is 2. The van der Waals surface area contributed by atoms with E-state index in [1.165, 1.54) is 77.0 Å². The molecule has 0 saturated heterocycles. The Morgan fingerprint density at radius 3 is 1.89 bits per heavy atom. The van der Waals surface area contributed by atoms with Gasteiger partial charge in [-0.05, 0) is 38.0 Å². The zero-order valence-corrected chi connectivity index (χ0v) is 36.1. The van der Waals surface area contributed by atoms with E-state index < -0.39 is 50.6 Å². The molecule has 56 heavy (non-hydrogen) atoms. The molecule has 4 N–H and O–H groups in total. The minimum atomic E-state index is -4.82. The number of allylic oxidation sites excluding steroid dienone is 3. The fraction of sp³-hybridized carbons (Fsp3) is 0.841. The first-order chi connectivity index (χ1) is 26.8. The number of unbranched alkanes of at least 4 members (excludes halogenated alkanes) is 17. The molecule has 0 bridgehead atoms. The standard InChI is InChI=1S/C44H79O11P/c1-4-5-21-27-37(45)31-32-40-39(41(46)33-42(40)47)28-23-19-20-24-29-43(48)53-34-38(35-54-56(50,51)52)55-44(49)30-25-18-16-14-12-10-8-6-7-9-11-13-15-17-22-26-36(2)3/h19,23,31-32,36-41,45-46H,4-18,20-22,24-30,33-35H2,1-3H3,(H2,50,51,52)/b23-19-,32-31+/t37-,38+,39+,40+,41-/m0/s1. The van der Waals surface area contributed by atoms with E-state index in [4.69, 9.17) is 19.3 Å². The van der Waals surface area contributed by atoms with Crippen LogP contribution in [0.25, 0.3) is 0 Å². The van der Waals surface area contributed by atoms with Crippen molar-refractivity contribution in [2.75, 3.05) is 13.2 Å². The first kappa shape index (κ1) is 52.1. The van der Waals surface area contributed by atoms with Gasteiger partial charge >= 0.3 is 19.8 Å². The normalized spacial score (nSPS) is 18.7. The minimum Gasteiger partial charge on any atom is -0.462 e. The van der Waals surface area contributed by atoms with Crippen molar-refractivity contribution in [2.24, 2.45) is 17.8 Å². The summed E-state index contributed by atoms with van der Waals surface area (Å²) in [4.78, 5) is 55.6. The number of hydrogen-bond acceptors (Lipinski definition) is 9. The second-order valence-electron chi connectivity index (χ2n) is 16.3. The number of phosphoric ester groups is 1. The molecule has 0 heterocycles. The predicted molar refractivity (Wildman–Crippen MR) is 222 cm³/mol. The van der Waals surface area contributed by atoms with Crippen molar-refractivity contribution >= 4 is 25.5 Å². The van der Waals surface area contributed by atoms with Crippen LogP contribution in [0.3, 0.4) is 0 Å². The quantitative estimate of drug-likeness (QED) is 0.0205. The summed E-state index contributed by atoms with van der Waals surface area (Å²) in [6, 6.07) is 0. The molecule has 0 aromatic rings. The Balaban J connectivity index is 2.24. The van der Waals surface area contributed by atoms with Gasteiger partial charge in [0.1, 0.15) is 12.4 Å². The first-order valence-electron chi connectivity index (χ1n) is 22.1. The van der Waals surface area contributed by atoms with Crippen LogP contribution in [0.2, 0.25) is 0 Å². The third kappa shape index (κ3) is 29.4. The number of aliphatic hydroxyl groups excluding tert-OH is 2. The van der Waals surface area contributed by atoms with Crippen molar-refractivity contribution in [2.45, 2.75) is 206 Å². The number of esters is 2. The van der Waals surface area contributed by atoms with Crippen molar-refractivity contribution in [3.63, 3.8) is 0 Å². The maximum Gasteiger partial charge on any atom is 0.469 e. The molecule has 11 nitrogen and oxygen atoms in total. The topological polar surface area (TPSA) is 177 Å². The zero-order valence-electron chi connectivity index (χ0n) is 35.2. The first-order valence-corrected chi connectivity index (χ1v) is 23.6. The van der Waals surface area contributed by atoms with Crippen LogP contribution in [0.5, 0.6) is 0 Å². The van der Waals surface area contributed by atoms with Gasteiger partial charge in [0, 0.05) is 31.1 Å². The molecule has 326 valence electrons. The Kier molecular flexibility index (Phi) is 30.7. The number of Topliss-reactive ketones (excluding diaryl/α,β-unsaturated/α-hetero) is 1. The number of aliphatic hydroxyl groups is 2. The van der Waals surface area contributed by atoms with Gasteiger partial charge in [-0.3, -0.25) is 18.9 Å². The minimum absolute atomic E-state index is 0.0314. The molecule has 5 atom stereocenters. The molecule has 1 rings (SSSR count). The molecule has 0 aliphatic heterocycles. The number of carbonyl (C=O) groups is 3. The summed E-state index contributed by atoms with van der Waals surface area (Å²) < 4.78 is 26.4. The Labute approximate surface area is 339 Å². The second-order valence-corrected chi connectivity index (χ2v) is 17.5. The summed E-state index contributed by atoms with van der Waals surface area (Å²) in [5.74, 6) is -0.992. The van der Waals surface area contributed by atoms with Crippen LogP contribution in [0.15, 0.2) is 24.3 Å². The maximum atomic E-state index is 12.5. The van der Waals surface area contributed by atoms with Crippen LogP contribution in [-0.2, 0) is 32.9 Å². The Hall–Kier alpha value is -1.88. The van der Waals surface area contributed by atoms with E-state index in [9.17, 15) is 29.2 Å². The SMILES string of the molecule is CCCCC[C@H](O)/C=C/[C@H]1C(=O)C[C@H](O)[C@@H]1C/C=C\CCCC(=O)OC[C@H](COP(=O)(O)O)OC(=O)CCCCCCCCCCCCCCCCCC(C)C. The second kappa shape index (κ2) is 33.0. The summed E-state index contributed by atoms with van der Waals surface area (Å²) in [6.07, 6.45) is 29.8. The summed E-state index contributed by atoms with van der Waals surface area (Å²) in [5.41, 5.74) is 0. The van der Waals surface area contributed by atoms with Gasteiger partial charge in [0.25, 0.3) is 0 Å². The maximum absolute atomic E-state index is 12.5. The van der Waals surface area contributed by atoms with Crippen molar-refractivity contribution in [3.8, 4) is 0 Å². The van der Waals surface area contributed by atoms with Crippen molar-refractivity contribution in [3.05, 3.63) is 24.3 Å². The highest BCUT2D eigenvalue weighted by atomic mass is 31.2. The molecule has 0 spiro atoms. The molecule has 0 unspecified atom stereocenters.